The molecule has 0 saturated carbocycles. The lowest BCUT2D eigenvalue weighted by molar-refractivity contribution is -0.114. The fourth-order valence-corrected chi connectivity index (χ4v) is 2.30. The molecule has 0 unspecified atom stereocenters. The number of aromatic nitrogens is 3. The first-order valence-electron chi connectivity index (χ1n) is 7.70. The maximum Gasteiger partial charge on any atom is 0.277 e. The van der Waals surface area contributed by atoms with E-state index in [-0.39, 0.29) is 11.6 Å². The van der Waals surface area contributed by atoms with E-state index in [9.17, 15) is 9.59 Å². The van der Waals surface area contributed by atoms with Crippen molar-refractivity contribution in [2.45, 2.75) is 13.8 Å². The fourth-order valence-electron chi connectivity index (χ4n) is 2.30. The van der Waals surface area contributed by atoms with Crippen molar-refractivity contribution >= 4 is 23.2 Å². The molecule has 0 aliphatic rings. The molecular formula is C18H17N5O2. The number of amides is 2. The molecule has 0 aliphatic carbocycles. The van der Waals surface area contributed by atoms with Crippen LogP contribution in [0.25, 0.3) is 5.69 Å². The van der Waals surface area contributed by atoms with Crippen LogP contribution in [-0.4, -0.2) is 26.8 Å². The minimum absolute atomic E-state index is 0.180. The molecule has 3 rings (SSSR count). The number of para-hydroxylation sites is 1. The number of hydrogen-bond acceptors (Lipinski definition) is 4. The van der Waals surface area contributed by atoms with E-state index in [0.717, 1.165) is 11.3 Å². The number of nitrogens with one attached hydrogen (secondary N) is 2. The van der Waals surface area contributed by atoms with E-state index in [2.05, 4.69) is 20.8 Å². The summed E-state index contributed by atoms with van der Waals surface area (Å²) in [7, 11) is 0. The van der Waals surface area contributed by atoms with Crippen LogP contribution >= 0.6 is 0 Å². The number of anilines is 2. The van der Waals surface area contributed by atoms with Crippen LogP contribution in [0.3, 0.4) is 0 Å². The Morgan fingerprint density at radius 1 is 1.00 bits per heavy atom. The largest absolute Gasteiger partial charge is 0.325 e. The summed E-state index contributed by atoms with van der Waals surface area (Å²) in [5, 5.41) is 13.8. The Bertz CT molecular complexity index is 918. The molecule has 2 amide bonds. The third-order valence-electron chi connectivity index (χ3n) is 3.45. The maximum absolute atomic E-state index is 12.5. The van der Waals surface area contributed by atoms with Crippen molar-refractivity contribution in [2.75, 3.05) is 10.6 Å². The van der Waals surface area contributed by atoms with Crippen LogP contribution < -0.4 is 10.6 Å². The van der Waals surface area contributed by atoms with Crippen LogP contribution in [0, 0.1) is 6.92 Å². The fraction of sp³-hybridized carbons (Fsp3) is 0.111. The predicted molar refractivity (Wildman–Crippen MR) is 94.8 cm³/mol. The summed E-state index contributed by atoms with van der Waals surface area (Å²) in [4.78, 5) is 25.2. The Balaban J connectivity index is 1.82. The first kappa shape index (κ1) is 16.4. The van der Waals surface area contributed by atoms with Crippen molar-refractivity contribution in [2.24, 2.45) is 0 Å². The van der Waals surface area contributed by atoms with E-state index >= 15 is 0 Å². The number of aryl methyl sites for hydroxylation is 1. The third-order valence-corrected chi connectivity index (χ3v) is 3.45. The normalized spacial score (nSPS) is 10.3. The van der Waals surface area contributed by atoms with Crippen LogP contribution in [0.2, 0.25) is 0 Å². The second-order valence-corrected chi connectivity index (χ2v) is 5.54. The molecule has 0 atom stereocenters. The molecule has 0 fully saturated rings. The second kappa shape index (κ2) is 6.96. The zero-order chi connectivity index (χ0) is 17.8. The molecule has 2 aromatic carbocycles. The monoisotopic (exact) mass is 335 g/mol. The molecule has 3 aromatic rings. The number of carbonyl (C=O) groups excluding carboxylic acids is 2. The third kappa shape index (κ3) is 3.89. The highest BCUT2D eigenvalue weighted by molar-refractivity contribution is 6.06. The summed E-state index contributed by atoms with van der Waals surface area (Å²) >= 11 is 0. The summed E-state index contributed by atoms with van der Waals surface area (Å²) in [6.07, 6.45) is 1.40. The number of carbonyl (C=O) groups is 2. The lowest BCUT2D eigenvalue weighted by Crippen LogP contribution is -2.16. The van der Waals surface area contributed by atoms with Crippen molar-refractivity contribution in [1.29, 1.82) is 0 Å². The molecule has 7 nitrogen and oxygen atoms in total. The van der Waals surface area contributed by atoms with Crippen LogP contribution in [-0.2, 0) is 4.79 Å². The summed E-state index contributed by atoms with van der Waals surface area (Å²) in [6.45, 7) is 3.32. The summed E-state index contributed by atoms with van der Waals surface area (Å²) < 4.78 is 0. The minimum atomic E-state index is -0.403. The van der Waals surface area contributed by atoms with E-state index in [4.69, 9.17) is 0 Å². The number of benzene rings is 2. The molecule has 25 heavy (non-hydrogen) atoms. The topological polar surface area (TPSA) is 88.9 Å². The zero-order valence-corrected chi connectivity index (χ0v) is 13.9. The Morgan fingerprint density at radius 3 is 2.48 bits per heavy atom. The van der Waals surface area contributed by atoms with Gasteiger partial charge >= 0.3 is 0 Å². The van der Waals surface area contributed by atoms with E-state index in [0.29, 0.717) is 11.4 Å². The summed E-state index contributed by atoms with van der Waals surface area (Å²) in [5.41, 5.74) is 2.93. The van der Waals surface area contributed by atoms with Gasteiger partial charge in [0.1, 0.15) is 0 Å². The molecule has 2 N–H and O–H groups in total. The van der Waals surface area contributed by atoms with Gasteiger partial charge in [-0.25, -0.2) is 0 Å². The second-order valence-electron chi connectivity index (χ2n) is 5.54. The SMILES string of the molecule is CC(=O)Nc1ccc(C)cc1NC(=O)c1cnn(-c2ccccc2)n1. The quantitative estimate of drug-likeness (QED) is 0.767. The molecule has 0 saturated heterocycles. The van der Waals surface area contributed by atoms with Gasteiger partial charge in [0.25, 0.3) is 5.91 Å². The summed E-state index contributed by atoms with van der Waals surface area (Å²) in [5.74, 6) is -0.617. The first-order valence-corrected chi connectivity index (χ1v) is 7.70. The van der Waals surface area contributed by atoms with Gasteiger partial charge in [0.05, 0.1) is 23.3 Å². The summed E-state index contributed by atoms with van der Waals surface area (Å²) in [6, 6.07) is 14.7. The smallest absolute Gasteiger partial charge is 0.277 e. The molecule has 0 aliphatic heterocycles. The molecule has 0 bridgehead atoms. The van der Waals surface area contributed by atoms with Crippen molar-refractivity contribution in [1.82, 2.24) is 15.0 Å². The van der Waals surface area contributed by atoms with Gasteiger partial charge in [0.2, 0.25) is 5.91 Å². The lowest BCUT2D eigenvalue weighted by atomic mass is 10.2. The highest BCUT2D eigenvalue weighted by Crippen LogP contribution is 2.23. The van der Waals surface area contributed by atoms with Crippen LogP contribution in [0.5, 0.6) is 0 Å². The van der Waals surface area contributed by atoms with Gasteiger partial charge in [-0.2, -0.15) is 9.90 Å². The molecule has 1 aromatic heterocycles. The molecule has 0 radical (unpaired) electrons. The zero-order valence-electron chi connectivity index (χ0n) is 13.9. The highest BCUT2D eigenvalue weighted by Gasteiger charge is 2.14. The van der Waals surface area contributed by atoms with Crippen LogP contribution in [0.1, 0.15) is 23.0 Å². The van der Waals surface area contributed by atoms with Crippen molar-refractivity contribution in [3.05, 3.63) is 66.0 Å². The van der Waals surface area contributed by atoms with Gasteiger partial charge < -0.3 is 10.6 Å². The average molecular weight is 335 g/mol. The molecule has 126 valence electrons. The molecule has 7 heteroatoms. The standard InChI is InChI=1S/C18H17N5O2/c1-12-8-9-15(20-13(2)24)16(10-12)21-18(25)17-11-19-23(22-17)14-6-4-3-5-7-14/h3-11H,1-2H3,(H,20,24)(H,21,25). The van der Waals surface area contributed by atoms with Crippen LogP contribution in [0.15, 0.2) is 54.7 Å². The minimum Gasteiger partial charge on any atom is -0.325 e. The average Bonchev–Trinajstić information content (AvgIpc) is 3.08. The van der Waals surface area contributed by atoms with Crippen molar-refractivity contribution in [3.63, 3.8) is 0 Å². The van der Waals surface area contributed by atoms with E-state index in [1.807, 2.05) is 43.3 Å². The lowest BCUT2D eigenvalue weighted by Gasteiger charge is -2.11. The van der Waals surface area contributed by atoms with Crippen molar-refractivity contribution < 1.29 is 9.59 Å². The Morgan fingerprint density at radius 2 is 1.76 bits per heavy atom. The van der Waals surface area contributed by atoms with Crippen molar-refractivity contribution in [3.8, 4) is 5.69 Å². The Labute approximate surface area is 144 Å². The van der Waals surface area contributed by atoms with Gasteiger partial charge in [-0.1, -0.05) is 24.3 Å². The van der Waals surface area contributed by atoms with Gasteiger partial charge in [-0.15, -0.1) is 5.10 Å². The van der Waals surface area contributed by atoms with Gasteiger partial charge in [-0.05, 0) is 36.8 Å². The first-order chi connectivity index (χ1) is 12.0. The number of nitrogens with zero attached hydrogens (tertiary/aromatic N) is 3. The molecule has 1 heterocycles. The maximum atomic E-state index is 12.5. The van der Waals surface area contributed by atoms with Crippen LogP contribution in [0.4, 0.5) is 11.4 Å². The Kier molecular flexibility index (Phi) is 4.56. The van der Waals surface area contributed by atoms with E-state index in [1.54, 1.807) is 12.1 Å². The number of hydrogen-bond donors (Lipinski definition) is 2. The predicted octanol–water partition coefficient (Wildman–Crippen LogP) is 2.79. The van der Waals surface area contributed by atoms with E-state index < -0.39 is 5.91 Å². The molecular weight excluding hydrogens is 318 g/mol. The Hall–Kier alpha value is -3.48. The van der Waals surface area contributed by atoms with Gasteiger partial charge in [0, 0.05) is 6.92 Å². The van der Waals surface area contributed by atoms with Gasteiger partial charge in [-0.3, -0.25) is 9.59 Å². The van der Waals surface area contributed by atoms with E-state index in [1.165, 1.54) is 17.9 Å². The molecule has 0 spiro atoms. The number of rotatable bonds is 4. The van der Waals surface area contributed by atoms with Gasteiger partial charge in [0.15, 0.2) is 5.69 Å². The highest BCUT2D eigenvalue weighted by atomic mass is 16.2.